The lowest BCUT2D eigenvalue weighted by Crippen LogP contribution is -2.24. The van der Waals surface area contributed by atoms with Crippen molar-refractivity contribution < 1.29 is 22.7 Å². The topological polar surface area (TPSA) is 64.4 Å². The van der Waals surface area contributed by atoms with Gasteiger partial charge in [-0.3, -0.25) is 4.79 Å². The molecule has 0 aliphatic heterocycles. The summed E-state index contributed by atoms with van der Waals surface area (Å²) in [6, 6.07) is 21.1. The molecule has 3 aromatic carbocycles. The van der Waals surface area contributed by atoms with Crippen LogP contribution in [0.15, 0.2) is 82.4 Å². The van der Waals surface area contributed by atoms with Gasteiger partial charge in [-0.2, -0.15) is 8.78 Å². The summed E-state index contributed by atoms with van der Waals surface area (Å²) < 4.78 is 35.4. The summed E-state index contributed by atoms with van der Waals surface area (Å²) in [5, 5.41) is 3.30. The highest BCUT2D eigenvalue weighted by atomic mass is 32.2. The average Bonchev–Trinajstić information content (AvgIpc) is 3.20. The molecule has 4 aromatic rings. The Bertz CT molecular complexity index is 1160. The number of amides is 1. The van der Waals surface area contributed by atoms with E-state index in [1.165, 1.54) is 17.8 Å². The number of hydrogen-bond donors (Lipinski definition) is 1. The number of oxazole rings is 1. The summed E-state index contributed by atoms with van der Waals surface area (Å²) >= 11 is 1.39. The molecule has 0 bridgehead atoms. The van der Waals surface area contributed by atoms with Crippen molar-refractivity contribution in [3.63, 3.8) is 0 Å². The molecule has 0 atom stereocenters. The Morgan fingerprint density at radius 2 is 1.71 bits per heavy atom. The van der Waals surface area contributed by atoms with Crippen LogP contribution >= 0.6 is 11.8 Å². The Balaban J connectivity index is 1.43. The number of benzene rings is 3. The summed E-state index contributed by atoms with van der Waals surface area (Å²) in [4.78, 5) is 17.2. The molecule has 1 N–H and O–H groups in total. The normalized spacial score (nSPS) is 11.1. The lowest BCUT2D eigenvalue weighted by atomic mass is 10.1. The van der Waals surface area contributed by atoms with E-state index in [2.05, 4.69) is 15.0 Å². The zero-order valence-corrected chi connectivity index (χ0v) is 17.1. The van der Waals surface area contributed by atoms with Crippen molar-refractivity contribution in [2.75, 3.05) is 0 Å². The lowest BCUT2D eigenvalue weighted by Gasteiger charge is -2.12. The van der Waals surface area contributed by atoms with Gasteiger partial charge in [0, 0.05) is 23.4 Å². The predicted molar refractivity (Wildman–Crippen MR) is 114 cm³/mol. The molecule has 0 fully saturated rings. The number of hydrogen-bond acceptors (Lipinski definition) is 5. The quantitative estimate of drug-likeness (QED) is 0.359. The first-order valence-electron chi connectivity index (χ1n) is 9.47. The van der Waals surface area contributed by atoms with Gasteiger partial charge < -0.3 is 14.5 Å². The van der Waals surface area contributed by atoms with E-state index in [0.29, 0.717) is 27.7 Å². The number of thioether (sulfide) groups is 1. The van der Waals surface area contributed by atoms with E-state index < -0.39 is 6.61 Å². The molecule has 0 radical (unpaired) electrons. The summed E-state index contributed by atoms with van der Waals surface area (Å²) in [5.74, 6) is 0.222. The van der Waals surface area contributed by atoms with E-state index in [1.807, 2.05) is 36.4 Å². The third-order valence-corrected chi connectivity index (χ3v) is 5.39. The van der Waals surface area contributed by atoms with Crippen molar-refractivity contribution >= 4 is 28.8 Å². The number of nitrogens with zero attached hydrogens (tertiary/aromatic N) is 1. The maximum atomic E-state index is 12.8. The van der Waals surface area contributed by atoms with Crippen LogP contribution in [-0.2, 0) is 12.3 Å². The molecule has 1 amide bonds. The van der Waals surface area contributed by atoms with Gasteiger partial charge in [0.15, 0.2) is 5.58 Å². The van der Waals surface area contributed by atoms with E-state index in [9.17, 15) is 13.6 Å². The van der Waals surface area contributed by atoms with Crippen LogP contribution in [0.1, 0.15) is 21.5 Å². The fourth-order valence-electron chi connectivity index (χ4n) is 3.05. The summed E-state index contributed by atoms with van der Waals surface area (Å²) in [6.07, 6.45) is 0. The van der Waals surface area contributed by atoms with Crippen molar-refractivity contribution in [1.29, 1.82) is 0 Å². The van der Waals surface area contributed by atoms with Crippen LogP contribution in [0.2, 0.25) is 0 Å². The molecule has 0 saturated carbocycles. The first-order valence-corrected chi connectivity index (χ1v) is 10.5. The molecule has 0 aliphatic carbocycles. The highest BCUT2D eigenvalue weighted by Crippen LogP contribution is 2.27. The van der Waals surface area contributed by atoms with Crippen molar-refractivity contribution in [2.45, 2.75) is 24.1 Å². The molecule has 1 heterocycles. The Morgan fingerprint density at radius 1 is 1.00 bits per heavy atom. The maximum absolute atomic E-state index is 12.8. The standard InChI is InChI=1S/C23H18F2N2O3S/c24-22(25)29-19-11-5-2-7-15(19)13-26-21(28)17-9-3-1-8-16(17)14-31-23-27-18-10-4-6-12-20(18)30-23/h1-12,22H,13-14H2,(H,26,28). The van der Waals surface area contributed by atoms with Gasteiger partial charge in [-0.05, 0) is 29.8 Å². The van der Waals surface area contributed by atoms with Crippen molar-refractivity contribution in [1.82, 2.24) is 10.3 Å². The molecule has 0 aliphatic rings. The summed E-state index contributed by atoms with van der Waals surface area (Å²) in [5.41, 5.74) is 3.26. The number of alkyl halides is 2. The van der Waals surface area contributed by atoms with Gasteiger partial charge in [0.1, 0.15) is 11.3 Å². The molecule has 0 saturated heterocycles. The first-order chi connectivity index (χ1) is 15.1. The largest absolute Gasteiger partial charge is 0.434 e. The molecule has 1 aromatic heterocycles. The first kappa shape index (κ1) is 20.9. The zero-order valence-electron chi connectivity index (χ0n) is 16.3. The Labute approximate surface area is 181 Å². The second-order valence-corrected chi connectivity index (χ2v) is 7.49. The van der Waals surface area contributed by atoms with Crippen molar-refractivity contribution in [3.05, 3.63) is 89.5 Å². The monoisotopic (exact) mass is 440 g/mol. The zero-order chi connectivity index (χ0) is 21.6. The third kappa shape index (κ3) is 5.21. The minimum atomic E-state index is -2.93. The molecule has 8 heteroatoms. The number of carbonyl (C=O) groups excluding carboxylic acids is 1. The predicted octanol–water partition coefficient (Wildman–Crippen LogP) is 5.65. The number of rotatable bonds is 8. The minimum absolute atomic E-state index is 0.0394. The summed E-state index contributed by atoms with van der Waals surface area (Å²) in [7, 11) is 0. The highest BCUT2D eigenvalue weighted by molar-refractivity contribution is 7.98. The molecule has 0 unspecified atom stereocenters. The Hall–Kier alpha value is -3.39. The van der Waals surface area contributed by atoms with Gasteiger partial charge in [0.2, 0.25) is 0 Å². The van der Waals surface area contributed by atoms with Gasteiger partial charge >= 0.3 is 6.61 Å². The second-order valence-electron chi connectivity index (χ2n) is 6.56. The number of para-hydroxylation sites is 3. The molecule has 0 spiro atoms. The minimum Gasteiger partial charge on any atom is -0.434 e. The van der Waals surface area contributed by atoms with E-state index >= 15 is 0 Å². The average molecular weight is 440 g/mol. The van der Waals surface area contributed by atoms with Gasteiger partial charge in [-0.25, -0.2) is 4.98 Å². The highest BCUT2D eigenvalue weighted by Gasteiger charge is 2.15. The Kier molecular flexibility index (Phi) is 6.47. The Morgan fingerprint density at radius 3 is 2.52 bits per heavy atom. The number of carbonyl (C=O) groups is 1. The van der Waals surface area contributed by atoms with Crippen molar-refractivity contribution in [3.8, 4) is 5.75 Å². The van der Waals surface area contributed by atoms with Crippen LogP contribution in [0.4, 0.5) is 8.78 Å². The van der Waals surface area contributed by atoms with E-state index in [1.54, 1.807) is 30.3 Å². The molecular weight excluding hydrogens is 422 g/mol. The van der Waals surface area contributed by atoms with E-state index in [-0.39, 0.29) is 18.2 Å². The second kappa shape index (κ2) is 9.61. The van der Waals surface area contributed by atoms with Crippen LogP contribution in [0, 0.1) is 0 Å². The molecule has 31 heavy (non-hydrogen) atoms. The molecular formula is C23H18F2N2O3S. The smallest absolute Gasteiger partial charge is 0.387 e. The van der Waals surface area contributed by atoms with Crippen LogP contribution < -0.4 is 10.1 Å². The van der Waals surface area contributed by atoms with Crippen LogP contribution in [-0.4, -0.2) is 17.5 Å². The van der Waals surface area contributed by atoms with Gasteiger partial charge in [0.25, 0.3) is 11.1 Å². The van der Waals surface area contributed by atoms with E-state index in [0.717, 1.165) is 11.1 Å². The van der Waals surface area contributed by atoms with Crippen LogP contribution in [0.5, 0.6) is 5.75 Å². The fourth-order valence-corrected chi connectivity index (χ4v) is 3.89. The van der Waals surface area contributed by atoms with Gasteiger partial charge in [-0.15, -0.1) is 0 Å². The number of ether oxygens (including phenoxy) is 1. The maximum Gasteiger partial charge on any atom is 0.387 e. The van der Waals surface area contributed by atoms with E-state index in [4.69, 9.17) is 4.42 Å². The van der Waals surface area contributed by atoms with Crippen LogP contribution in [0.25, 0.3) is 11.1 Å². The number of halogens is 2. The molecule has 5 nitrogen and oxygen atoms in total. The van der Waals surface area contributed by atoms with Crippen molar-refractivity contribution in [2.24, 2.45) is 0 Å². The third-order valence-electron chi connectivity index (χ3n) is 4.52. The van der Waals surface area contributed by atoms with Gasteiger partial charge in [0.05, 0.1) is 0 Å². The summed E-state index contributed by atoms with van der Waals surface area (Å²) in [6.45, 7) is -2.87. The molecule has 4 rings (SSSR count). The number of nitrogens with one attached hydrogen (secondary N) is 1. The number of fused-ring (bicyclic) bond motifs is 1. The SMILES string of the molecule is O=C(NCc1ccccc1OC(F)F)c1ccccc1CSc1nc2ccccc2o1. The lowest BCUT2D eigenvalue weighted by molar-refractivity contribution is -0.0504. The molecule has 158 valence electrons. The van der Waals surface area contributed by atoms with Crippen LogP contribution in [0.3, 0.4) is 0 Å². The number of aromatic nitrogens is 1. The van der Waals surface area contributed by atoms with Gasteiger partial charge in [-0.1, -0.05) is 60.3 Å². The fraction of sp³-hybridized carbons (Fsp3) is 0.130.